The van der Waals surface area contributed by atoms with Gasteiger partial charge in [-0.3, -0.25) is 9.59 Å². The first-order chi connectivity index (χ1) is 17.9. The van der Waals surface area contributed by atoms with Crippen molar-refractivity contribution in [1.82, 2.24) is 0 Å². The number of esters is 2. The highest BCUT2D eigenvalue weighted by molar-refractivity contribution is 5.99. The van der Waals surface area contributed by atoms with Gasteiger partial charge in [-0.25, -0.2) is 4.79 Å². The number of allylic oxidation sites excluding steroid dienone is 1. The number of carbonyl (C=O) groups excluding carboxylic acids is 3. The minimum atomic E-state index is -0.517. The molecule has 37 heavy (non-hydrogen) atoms. The summed E-state index contributed by atoms with van der Waals surface area (Å²) < 4.78 is 28.3. The van der Waals surface area contributed by atoms with Gasteiger partial charge in [-0.2, -0.15) is 0 Å². The number of fused-ring (bicyclic) bond motifs is 3. The molecule has 0 N–H and O–H groups in total. The maximum absolute atomic E-state index is 13.5. The summed E-state index contributed by atoms with van der Waals surface area (Å²) in [4.78, 5) is 38.3. The van der Waals surface area contributed by atoms with Gasteiger partial charge in [-0.15, -0.1) is 0 Å². The Balaban J connectivity index is 1.62. The predicted molar refractivity (Wildman–Crippen MR) is 134 cm³/mol. The number of ketones is 1. The molecule has 3 heterocycles. The Morgan fingerprint density at radius 1 is 0.973 bits per heavy atom. The van der Waals surface area contributed by atoms with Crippen molar-refractivity contribution in [3.05, 3.63) is 52.6 Å². The Hall–Kier alpha value is -3.81. The van der Waals surface area contributed by atoms with Crippen LogP contribution in [-0.4, -0.2) is 37.7 Å². The van der Waals surface area contributed by atoms with E-state index in [0.29, 0.717) is 71.8 Å². The van der Waals surface area contributed by atoms with E-state index < -0.39 is 11.9 Å². The van der Waals surface area contributed by atoms with E-state index in [-0.39, 0.29) is 31.1 Å². The summed E-state index contributed by atoms with van der Waals surface area (Å²) in [7, 11) is 1.50. The Morgan fingerprint density at radius 2 is 1.78 bits per heavy atom. The van der Waals surface area contributed by atoms with Crippen LogP contribution in [0.3, 0.4) is 0 Å². The van der Waals surface area contributed by atoms with E-state index in [1.807, 2.05) is 31.2 Å². The number of hydrogen-bond donors (Lipinski definition) is 0. The van der Waals surface area contributed by atoms with Crippen molar-refractivity contribution < 1.29 is 38.1 Å². The smallest absolute Gasteiger partial charge is 0.342 e. The molecule has 0 radical (unpaired) electrons. The van der Waals surface area contributed by atoms with Crippen molar-refractivity contribution in [3.8, 4) is 23.0 Å². The third-order valence-electron chi connectivity index (χ3n) is 6.96. The van der Waals surface area contributed by atoms with E-state index >= 15 is 0 Å². The molecule has 0 spiro atoms. The first-order valence-corrected chi connectivity index (χ1v) is 12.7. The van der Waals surface area contributed by atoms with Gasteiger partial charge in [0.1, 0.15) is 22.8 Å². The van der Waals surface area contributed by atoms with Crippen LogP contribution in [0.2, 0.25) is 0 Å². The maximum atomic E-state index is 13.5. The van der Waals surface area contributed by atoms with E-state index in [1.165, 1.54) is 7.11 Å². The summed E-state index contributed by atoms with van der Waals surface area (Å²) in [6.07, 6.45) is 7.10. The lowest BCUT2D eigenvalue weighted by Gasteiger charge is -2.29. The summed E-state index contributed by atoms with van der Waals surface area (Å²) in [5.74, 6) is 0.824. The fourth-order valence-electron chi connectivity index (χ4n) is 5.12. The van der Waals surface area contributed by atoms with E-state index in [2.05, 4.69) is 0 Å². The van der Waals surface area contributed by atoms with Crippen LogP contribution in [0.15, 0.2) is 30.3 Å². The van der Waals surface area contributed by atoms with Crippen LogP contribution >= 0.6 is 0 Å². The standard InChI is InChI=1S/C29H30O8/c1-17-7-6-10-20(30)9-5-3-4-8-19-14-24-27(28(33-2)26(19)29(32)36-17)21(15-25(31)37-24)18-11-12-22-23(13-18)35-16-34-22/h4,8,11-14,17,21H,3,5-7,9-10,15-16H2,1-2H3/b8-4+/t17-,21?/m0/s1. The lowest BCUT2D eigenvalue weighted by Crippen LogP contribution is -2.24. The molecule has 0 bridgehead atoms. The van der Waals surface area contributed by atoms with Gasteiger partial charge < -0.3 is 23.7 Å². The van der Waals surface area contributed by atoms with Crippen molar-refractivity contribution in [2.24, 2.45) is 0 Å². The Morgan fingerprint density at radius 3 is 2.62 bits per heavy atom. The molecule has 8 heteroatoms. The quantitative estimate of drug-likeness (QED) is 0.397. The van der Waals surface area contributed by atoms with Crippen molar-refractivity contribution >= 4 is 23.8 Å². The first-order valence-electron chi connectivity index (χ1n) is 12.7. The molecule has 0 aromatic heterocycles. The van der Waals surface area contributed by atoms with Crippen LogP contribution in [-0.2, 0) is 14.3 Å². The van der Waals surface area contributed by atoms with Crippen LogP contribution in [0.4, 0.5) is 0 Å². The molecule has 0 aliphatic carbocycles. The van der Waals surface area contributed by atoms with Gasteiger partial charge in [0.2, 0.25) is 6.79 Å². The number of rotatable bonds is 2. The second kappa shape index (κ2) is 10.7. The summed E-state index contributed by atoms with van der Waals surface area (Å²) in [6.45, 7) is 1.97. The number of Topliss-reactive ketones (excluding diaryl/α,β-unsaturated/α-hetero) is 1. The highest BCUT2D eigenvalue weighted by Gasteiger charge is 2.36. The number of hydrogen-bond acceptors (Lipinski definition) is 8. The summed E-state index contributed by atoms with van der Waals surface area (Å²) in [5, 5.41) is 0. The van der Waals surface area contributed by atoms with Crippen molar-refractivity contribution in [3.63, 3.8) is 0 Å². The SMILES string of the molecule is COc1c2c(cc3c1C(c1ccc4c(c1)OCO4)CC(=O)O3)/C=C/CCCC(=O)CCC[C@H](C)OC2=O. The predicted octanol–water partition coefficient (Wildman–Crippen LogP) is 5.35. The largest absolute Gasteiger partial charge is 0.495 e. The van der Waals surface area contributed by atoms with E-state index in [4.69, 9.17) is 23.7 Å². The minimum Gasteiger partial charge on any atom is -0.495 e. The molecule has 2 aromatic carbocycles. The fourth-order valence-corrected chi connectivity index (χ4v) is 5.12. The molecule has 2 aromatic rings. The molecule has 0 saturated heterocycles. The van der Waals surface area contributed by atoms with Crippen molar-refractivity contribution in [2.75, 3.05) is 13.9 Å². The second-order valence-electron chi connectivity index (χ2n) is 9.57. The average Bonchev–Trinajstić information content (AvgIpc) is 3.34. The summed E-state index contributed by atoms with van der Waals surface area (Å²) >= 11 is 0. The number of methoxy groups -OCH3 is 1. The number of cyclic esters (lactones) is 1. The minimum absolute atomic E-state index is 0.0805. The lowest BCUT2D eigenvalue weighted by atomic mass is 9.83. The van der Waals surface area contributed by atoms with Crippen LogP contribution in [0.1, 0.15) is 84.8 Å². The number of ether oxygens (including phenoxy) is 5. The first kappa shape index (κ1) is 24.9. The Kier molecular flexibility index (Phi) is 7.17. The van der Waals surface area contributed by atoms with Crippen molar-refractivity contribution in [1.29, 1.82) is 0 Å². The fraction of sp³-hybridized carbons (Fsp3) is 0.414. The molecule has 1 unspecified atom stereocenters. The average molecular weight is 507 g/mol. The van der Waals surface area contributed by atoms with E-state index in [1.54, 1.807) is 12.1 Å². The van der Waals surface area contributed by atoms with Crippen LogP contribution in [0, 0.1) is 0 Å². The molecule has 194 valence electrons. The Bertz CT molecular complexity index is 1260. The number of carbonyl (C=O) groups is 3. The zero-order chi connectivity index (χ0) is 25.9. The van der Waals surface area contributed by atoms with Gasteiger partial charge in [0.15, 0.2) is 11.5 Å². The molecule has 2 atom stereocenters. The van der Waals surface area contributed by atoms with Crippen LogP contribution in [0.25, 0.3) is 6.08 Å². The molecule has 3 aliphatic heterocycles. The second-order valence-corrected chi connectivity index (χ2v) is 9.57. The molecule has 8 nitrogen and oxygen atoms in total. The van der Waals surface area contributed by atoms with Gasteiger partial charge in [-0.05, 0) is 61.9 Å². The van der Waals surface area contributed by atoms with Gasteiger partial charge in [0, 0.05) is 24.3 Å². The summed E-state index contributed by atoms with van der Waals surface area (Å²) in [6, 6.07) is 7.24. The zero-order valence-corrected chi connectivity index (χ0v) is 21.0. The lowest BCUT2D eigenvalue weighted by molar-refractivity contribution is -0.135. The molecule has 0 saturated carbocycles. The van der Waals surface area contributed by atoms with Gasteiger partial charge in [-0.1, -0.05) is 18.2 Å². The van der Waals surface area contributed by atoms with Gasteiger partial charge in [0.25, 0.3) is 0 Å². The van der Waals surface area contributed by atoms with Crippen LogP contribution in [0.5, 0.6) is 23.0 Å². The molecule has 5 rings (SSSR count). The van der Waals surface area contributed by atoms with Gasteiger partial charge in [0.05, 0.1) is 19.6 Å². The molecule has 0 amide bonds. The number of benzene rings is 2. The highest BCUT2D eigenvalue weighted by Crippen LogP contribution is 2.49. The monoisotopic (exact) mass is 506 g/mol. The topological polar surface area (TPSA) is 97.4 Å². The Labute approximate surface area is 215 Å². The third kappa shape index (κ3) is 5.19. The van der Waals surface area contributed by atoms with E-state index in [0.717, 1.165) is 12.0 Å². The normalized spacial score (nSPS) is 22.7. The third-order valence-corrected chi connectivity index (χ3v) is 6.96. The molecule has 0 fully saturated rings. The zero-order valence-electron chi connectivity index (χ0n) is 21.0. The molecule has 3 aliphatic rings. The van der Waals surface area contributed by atoms with E-state index in [9.17, 15) is 14.4 Å². The molecular formula is C29H30O8. The van der Waals surface area contributed by atoms with Gasteiger partial charge >= 0.3 is 11.9 Å². The maximum Gasteiger partial charge on any atom is 0.342 e. The highest BCUT2D eigenvalue weighted by atomic mass is 16.7. The van der Waals surface area contributed by atoms with Crippen LogP contribution < -0.4 is 18.9 Å². The summed E-state index contributed by atoms with van der Waals surface area (Å²) in [5.41, 5.74) is 2.27. The molecular weight excluding hydrogens is 476 g/mol. The van der Waals surface area contributed by atoms with Crippen molar-refractivity contribution in [2.45, 2.75) is 63.9 Å².